The number of hydrogen-bond donors (Lipinski definition) is 1. The van der Waals surface area contributed by atoms with Gasteiger partial charge in [-0.25, -0.2) is 13.2 Å². The van der Waals surface area contributed by atoms with Crippen LogP contribution in [-0.4, -0.2) is 70.0 Å². The van der Waals surface area contributed by atoms with Gasteiger partial charge in [-0.15, -0.1) is 0 Å². The number of fused-ring (bicyclic) bond motifs is 1. The van der Waals surface area contributed by atoms with Gasteiger partial charge in [-0.2, -0.15) is 0 Å². The standard InChI is InChI=1S/C35H35Cl3N4O5S/c1-46-26-12-10-24(11-13-26)22-41-23-29-28(27-6-2-3-7-30(27)36)20-25(39-48(44,45)19-5-14-40-15-17-47-18-16-40)21-33(29)42(35(41)43)34-31(37)8-4-9-32(34)38/h2-4,6-13,20-21,39H,5,14-19,22-23H2,1H3. The molecule has 1 fully saturated rings. The summed E-state index contributed by atoms with van der Waals surface area (Å²) in [6, 6.07) is 22.9. The molecule has 0 unspecified atom stereocenters. The van der Waals surface area contributed by atoms with Crippen molar-refractivity contribution in [3.8, 4) is 16.9 Å². The third kappa shape index (κ3) is 7.70. The number of carbonyl (C=O) groups excluding carboxylic acids is 1. The topological polar surface area (TPSA) is 91.4 Å². The summed E-state index contributed by atoms with van der Waals surface area (Å²) < 4.78 is 40.3. The molecule has 1 saturated heterocycles. The molecule has 0 radical (unpaired) electrons. The lowest BCUT2D eigenvalue weighted by atomic mass is 9.94. The van der Waals surface area contributed by atoms with E-state index >= 15 is 0 Å². The Balaban J connectivity index is 1.43. The maximum atomic E-state index is 14.5. The minimum atomic E-state index is -3.76. The molecule has 0 aliphatic carbocycles. The largest absolute Gasteiger partial charge is 0.497 e. The van der Waals surface area contributed by atoms with Gasteiger partial charge < -0.3 is 14.4 Å². The summed E-state index contributed by atoms with van der Waals surface area (Å²) in [5, 5.41) is 1.01. The van der Waals surface area contributed by atoms with Crippen LogP contribution in [0, 0.1) is 0 Å². The molecule has 2 heterocycles. The number of ether oxygens (including phenoxy) is 2. The average molecular weight is 730 g/mol. The number of nitrogens with zero attached hydrogens (tertiary/aromatic N) is 3. The van der Waals surface area contributed by atoms with Crippen molar-refractivity contribution in [3.05, 3.63) is 105 Å². The predicted octanol–water partition coefficient (Wildman–Crippen LogP) is 8.06. The number of methoxy groups -OCH3 is 1. The molecule has 9 nitrogen and oxygen atoms in total. The van der Waals surface area contributed by atoms with E-state index in [-0.39, 0.29) is 34.9 Å². The number of nitrogens with one attached hydrogen (secondary N) is 1. The Labute approximate surface area is 295 Å². The Morgan fingerprint density at radius 2 is 1.56 bits per heavy atom. The van der Waals surface area contributed by atoms with Gasteiger partial charge in [0.1, 0.15) is 5.75 Å². The van der Waals surface area contributed by atoms with Crippen LogP contribution in [0.4, 0.5) is 21.9 Å². The molecule has 0 aromatic heterocycles. The average Bonchev–Trinajstić information content (AvgIpc) is 3.07. The van der Waals surface area contributed by atoms with Crippen LogP contribution >= 0.6 is 34.8 Å². The van der Waals surface area contributed by atoms with Gasteiger partial charge in [0.2, 0.25) is 10.0 Å². The highest BCUT2D eigenvalue weighted by Crippen LogP contribution is 2.47. The molecule has 1 N–H and O–H groups in total. The minimum absolute atomic E-state index is 0.0719. The number of sulfonamides is 1. The van der Waals surface area contributed by atoms with Crippen LogP contribution in [0.5, 0.6) is 5.75 Å². The molecule has 0 spiro atoms. The van der Waals surface area contributed by atoms with Gasteiger partial charge in [0, 0.05) is 35.8 Å². The quantitative estimate of drug-likeness (QED) is 0.168. The molecular weight excluding hydrogens is 695 g/mol. The zero-order valence-corrected chi connectivity index (χ0v) is 29.4. The van der Waals surface area contributed by atoms with Gasteiger partial charge in [0.05, 0.1) is 59.7 Å². The van der Waals surface area contributed by atoms with Crippen LogP contribution in [0.25, 0.3) is 11.1 Å². The smallest absolute Gasteiger partial charge is 0.329 e. The Kier molecular flexibility index (Phi) is 10.7. The molecule has 0 atom stereocenters. The molecule has 0 saturated carbocycles. The number of hydrogen-bond acceptors (Lipinski definition) is 6. The Morgan fingerprint density at radius 1 is 0.875 bits per heavy atom. The lowest BCUT2D eigenvalue weighted by Crippen LogP contribution is -2.44. The van der Waals surface area contributed by atoms with E-state index in [4.69, 9.17) is 44.3 Å². The third-order valence-corrected chi connectivity index (χ3v) is 10.7. The highest BCUT2D eigenvalue weighted by Gasteiger charge is 2.36. The van der Waals surface area contributed by atoms with Gasteiger partial charge >= 0.3 is 6.03 Å². The van der Waals surface area contributed by atoms with Crippen molar-refractivity contribution >= 4 is 67.9 Å². The molecule has 0 bridgehead atoms. The van der Waals surface area contributed by atoms with Crippen LogP contribution in [0.2, 0.25) is 15.1 Å². The summed E-state index contributed by atoms with van der Waals surface area (Å²) in [6.07, 6.45) is 0.456. The van der Waals surface area contributed by atoms with E-state index in [9.17, 15) is 13.2 Å². The number of urea groups is 1. The van der Waals surface area contributed by atoms with Crippen LogP contribution in [0.1, 0.15) is 17.5 Å². The van der Waals surface area contributed by atoms with E-state index in [0.717, 1.165) is 24.2 Å². The first-order valence-corrected chi connectivity index (χ1v) is 18.3. The lowest BCUT2D eigenvalue weighted by Gasteiger charge is -2.39. The number of benzene rings is 4. The predicted molar refractivity (Wildman–Crippen MR) is 192 cm³/mol. The molecule has 13 heteroatoms. The molecule has 2 aliphatic rings. The lowest BCUT2D eigenvalue weighted by molar-refractivity contribution is 0.0381. The number of rotatable bonds is 11. The van der Waals surface area contributed by atoms with Crippen LogP contribution in [0.3, 0.4) is 0 Å². The second-order valence-electron chi connectivity index (χ2n) is 11.6. The Hall–Kier alpha value is -3.51. The normalized spacial score (nSPS) is 15.4. The molecule has 4 aromatic carbocycles. The fraction of sp³-hybridized carbons (Fsp3) is 0.286. The number of para-hydroxylation sites is 1. The van der Waals surface area contributed by atoms with Crippen molar-refractivity contribution in [2.24, 2.45) is 0 Å². The zero-order chi connectivity index (χ0) is 33.8. The van der Waals surface area contributed by atoms with Crippen molar-refractivity contribution in [2.45, 2.75) is 19.5 Å². The van der Waals surface area contributed by atoms with Crippen molar-refractivity contribution in [1.29, 1.82) is 0 Å². The van der Waals surface area contributed by atoms with Gasteiger partial charge in [0.25, 0.3) is 0 Å². The van der Waals surface area contributed by atoms with E-state index < -0.39 is 10.0 Å². The van der Waals surface area contributed by atoms with Crippen LogP contribution in [0.15, 0.2) is 78.9 Å². The number of carbonyl (C=O) groups is 1. The first-order valence-electron chi connectivity index (χ1n) is 15.5. The van der Waals surface area contributed by atoms with Gasteiger partial charge in [-0.05, 0) is 66.6 Å². The fourth-order valence-corrected chi connectivity index (χ4v) is 7.92. The fourth-order valence-electron chi connectivity index (χ4n) is 6.03. The van der Waals surface area contributed by atoms with Crippen LogP contribution < -0.4 is 14.4 Å². The number of anilines is 3. The molecule has 6 rings (SSSR count). The highest BCUT2D eigenvalue weighted by atomic mass is 35.5. The maximum Gasteiger partial charge on any atom is 0.329 e. The first kappa shape index (κ1) is 34.4. The van der Waals surface area contributed by atoms with Crippen molar-refractivity contribution in [2.75, 3.05) is 55.3 Å². The van der Waals surface area contributed by atoms with E-state index in [1.54, 1.807) is 48.4 Å². The van der Waals surface area contributed by atoms with Crippen molar-refractivity contribution < 1.29 is 22.7 Å². The van der Waals surface area contributed by atoms with Gasteiger partial charge in [-0.1, -0.05) is 71.2 Å². The monoisotopic (exact) mass is 728 g/mol. The molecule has 2 aliphatic heterocycles. The second-order valence-corrected chi connectivity index (χ2v) is 14.7. The summed E-state index contributed by atoms with van der Waals surface area (Å²) in [6.45, 7) is 4.00. The SMILES string of the molecule is COc1ccc(CN2Cc3c(-c4ccccc4Cl)cc(NS(=O)(=O)CCCN4CCOCC4)cc3N(c3c(Cl)cccc3Cl)C2=O)cc1. The highest BCUT2D eigenvalue weighted by molar-refractivity contribution is 7.92. The van der Waals surface area contributed by atoms with E-state index in [2.05, 4.69) is 9.62 Å². The van der Waals surface area contributed by atoms with E-state index in [0.29, 0.717) is 65.1 Å². The molecular formula is C35H35Cl3N4O5S. The second kappa shape index (κ2) is 14.9. The van der Waals surface area contributed by atoms with Crippen LogP contribution in [-0.2, 0) is 27.8 Å². The van der Waals surface area contributed by atoms with Crippen molar-refractivity contribution in [1.82, 2.24) is 9.80 Å². The summed E-state index contributed by atoms with van der Waals surface area (Å²) in [7, 11) is -2.16. The number of morpholine rings is 1. The maximum absolute atomic E-state index is 14.5. The summed E-state index contributed by atoms with van der Waals surface area (Å²) in [5.41, 5.74) is 4.03. The molecule has 48 heavy (non-hydrogen) atoms. The number of amides is 2. The van der Waals surface area contributed by atoms with Gasteiger partial charge in [0.15, 0.2) is 0 Å². The van der Waals surface area contributed by atoms with Crippen molar-refractivity contribution in [3.63, 3.8) is 0 Å². The molecule has 252 valence electrons. The first-order chi connectivity index (χ1) is 23.1. The van der Waals surface area contributed by atoms with E-state index in [1.807, 2.05) is 42.5 Å². The van der Waals surface area contributed by atoms with Gasteiger partial charge in [-0.3, -0.25) is 14.5 Å². The van der Waals surface area contributed by atoms with E-state index in [1.165, 1.54) is 4.90 Å². The Morgan fingerprint density at radius 3 is 2.25 bits per heavy atom. The minimum Gasteiger partial charge on any atom is -0.497 e. The Bertz CT molecular complexity index is 1880. The summed E-state index contributed by atoms with van der Waals surface area (Å²) in [5.74, 6) is 0.632. The number of halogens is 3. The molecule has 4 aromatic rings. The molecule has 2 amide bonds. The third-order valence-electron chi connectivity index (χ3n) is 8.40. The summed E-state index contributed by atoms with van der Waals surface area (Å²) in [4.78, 5) is 19.8. The summed E-state index contributed by atoms with van der Waals surface area (Å²) >= 11 is 20.2. The zero-order valence-electron chi connectivity index (χ0n) is 26.3.